The van der Waals surface area contributed by atoms with Crippen LogP contribution in [0.15, 0.2) is 12.3 Å². The molecule has 0 aromatic carbocycles. The Morgan fingerprint density at radius 3 is 2.35 bits per heavy atom. The first-order valence-corrected chi connectivity index (χ1v) is 8.48. The van der Waals surface area contributed by atoms with Crippen LogP contribution in [-0.2, 0) is 6.42 Å². The number of nitrogens with zero attached hydrogens (tertiary/aromatic N) is 2. The third-order valence-electron chi connectivity index (χ3n) is 3.23. The van der Waals surface area contributed by atoms with E-state index in [0.717, 1.165) is 29.9 Å². The number of hydrogen-bond acceptors (Lipinski definition) is 1. The molecule has 0 unspecified atom stereocenters. The van der Waals surface area contributed by atoms with Crippen molar-refractivity contribution in [3.05, 3.63) is 18.0 Å². The lowest BCUT2D eigenvalue weighted by Crippen LogP contribution is -2.23. The van der Waals surface area contributed by atoms with E-state index < -0.39 is 0 Å². The molecular formula is C13H22Br2N2. The molecule has 2 nitrogen and oxygen atoms in total. The number of halogens is 2. The summed E-state index contributed by atoms with van der Waals surface area (Å²) < 4.78 is 2.12. The molecule has 0 aliphatic rings. The van der Waals surface area contributed by atoms with Crippen molar-refractivity contribution in [2.45, 2.75) is 46.1 Å². The molecule has 1 aromatic rings. The number of aromatic nitrogens is 2. The standard InChI is InChI=1S/C13H22Br2N2/c1-4-12(5-2)17-7-6-11(16-17)8-13(3,9-14)10-15/h6-7,12H,4-5,8-10H2,1-3H3. The van der Waals surface area contributed by atoms with Crippen LogP contribution in [0.2, 0.25) is 0 Å². The fourth-order valence-corrected chi connectivity index (χ4v) is 3.23. The maximum Gasteiger partial charge on any atom is 0.0630 e. The average Bonchev–Trinajstić information content (AvgIpc) is 2.79. The molecule has 0 radical (unpaired) electrons. The van der Waals surface area contributed by atoms with Gasteiger partial charge in [-0.2, -0.15) is 5.10 Å². The van der Waals surface area contributed by atoms with Gasteiger partial charge in [0.15, 0.2) is 0 Å². The van der Waals surface area contributed by atoms with Crippen molar-refractivity contribution in [3.8, 4) is 0 Å². The van der Waals surface area contributed by atoms with Crippen LogP contribution in [-0.4, -0.2) is 20.4 Å². The third-order valence-corrected chi connectivity index (χ3v) is 5.94. The second-order valence-electron chi connectivity index (χ2n) is 5.01. The van der Waals surface area contributed by atoms with Crippen molar-refractivity contribution in [2.24, 2.45) is 5.41 Å². The molecular weight excluding hydrogens is 344 g/mol. The molecule has 4 heteroatoms. The first kappa shape index (κ1) is 15.2. The van der Waals surface area contributed by atoms with Gasteiger partial charge in [-0.25, -0.2) is 0 Å². The summed E-state index contributed by atoms with van der Waals surface area (Å²) in [6.45, 7) is 6.71. The smallest absolute Gasteiger partial charge is 0.0630 e. The highest BCUT2D eigenvalue weighted by Gasteiger charge is 2.23. The predicted octanol–water partition coefficient (Wildman–Crippen LogP) is 4.58. The predicted molar refractivity (Wildman–Crippen MR) is 81.2 cm³/mol. The van der Waals surface area contributed by atoms with Crippen molar-refractivity contribution in [1.82, 2.24) is 9.78 Å². The highest BCUT2D eigenvalue weighted by atomic mass is 79.9. The molecule has 0 saturated heterocycles. The zero-order valence-corrected chi connectivity index (χ0v) is 14.1. The van der Waals surface area contributed by atoms with Crippen LogP contribution in [0.4, 0.5) is 0 Å². The van der Waals surface area contributed by atoms with Gasteiger partial charge in [0.25, 0.3) is 0 Å². The normalized spacial score (nSPS) is 12.4. The molecule has 98 valence electrons. The molecule has 0 bridgehead atoms. The van der Waals surface area contributed by atoms with Gasteiger partial charge in [0.2, 0.25) is 0 Å². The van der Waals surface area contributed by atoms with Gasteiger partial charge in [-0.15, -0.1) is 0 Å². The first-order chi connectivity index (χ1) is 8.08. The monoisotopic (exact) mass is 364 g/mol. The second kappa shape index (κ2) is 6.93. The van der Waals surface area contributed by atoms with Crippen LogP contribution in [0.3, 0.4) is 0 Å². The van der Waals surface area contributed by atoms with E-state index in [9.17, 15) is 0 Å². The molecule has 0 aliphatic carbocycles. The first-order valence-electron chi connectivity index (χ1n) is 6.24. The summed E-state index contributed by atoms with van der Waals surface area (Å²) in [5, 5.41) is 6.69. The Bertz CT molecular complexity index is 328. The van der Waals surface area contributed by atoms with Gasteiger partial charge in [-0.3, -0.25) is 4.68 Å². The van der Waals surface area contributed by atoms with E-state index >= 15 is 0 Å². The Hall–Kier alpha value is 0.170. The van der Waals surface area contributed by atoms with E-state index in [0.29, 0.717) is 6.04 Å². The lowest BCUT2D eigenvalue weighted by molar-refractivity contribution is 0.404. The van der Waals surface area contributed by atoms with Gasteiger partial charge >= 0.3 is 0 Å². The fourth-order valence-electron chi connectivity index (χ4n) is 1.91. The molecule has 17 heavy (non-hydrogen) atoms. The van der Waals surface area contributed by atoms with Crippen LogP contribution >= 0.6 is 31.9 Å². The van der Waals surface area contributed by atoms with Crippen LogP contribution < -0.4 is 0 Å². The van der Waals surface area contributed by atoms with Crippen molar-refractivity contribution < 1.29 is 0 Å². The minimum Gasteiger partial charge on any atom is -0.269 e. The zero-order valence-electron chi connectivity index (χ0n) is 10.9. The lowest BCUT2D eigenvalue weighted by atomic mass is 9.90. The summed E-state index contributed by atoms with van der Waals surface area (Å²) in [4.78, 5) is 0. The summed E-state index contributed by atoms with van der Waals surface area (Å²) >= 11 is 7.18. The van der Waals surface area contributed by atoms with Gasteiger partial charge in [-0.05, 0) is 30.7 Å². The van der Waals surface area contributed by atoms with E-state index in [-0.39, 0.29) is 5.41 Å². The van der Waals surface area contributed by atoms with Gasteiger partial charge in [0.1, 0.15) is 0 Å². The van der Waals surface area contributed by atoms with Gasteiger partial charge in [-0.1, -0.05) is 52.6 Å². The van der Waals surface area contributed by atoms with Gasteiger partial charge < -0.3 is 0 Å². The third kappa shape index (κ3) is 4.09. The molecule has 0 aliphatic heterocycles. The SMILES string of the molecule is CCC(CC)n1ccc(CC(C)(CBr)CBr)n1. The Morgan fingerprint density at radius 1 is 1.29 bits per heavy atom. The van der Waals surface area contributed by atoms with Crippen molar-refractivity contribution >= 4 is 31.9 Å². The molecule has 0 spiro atoms. The van der Waals surface area contributed by atoms with E-state index in [1.807, 2.05) is 0 Å². The number of rotatable bonds is 7. The van der Waals surface area contributed by atoms with Crippen molar-refractivity contribution in [3.63, 3.8) is 0 Å². The van der Waals surface area contributed by atoms with Crippen molar-refractivity contribution in [2.75, 3.05) is 10.7 Å². The summed E-state index contributed by atoms with van der Waals surface area (Å²) in [7, 11) is 0. The summed E-state index contributed by atoms with van der Waals surface area (Å²) in [5.41, 5.74) is 1.44. The summed E-state index contributed by atoms with van der Waals surface area (Å²) in [6, 6.07) is 2.70. The Labute approximate surface area is 121 Å². The molecule has 1 rings (SSSR count). The van der Waals surface area contributed by atoms with Crippen LogP contribution in [0.5, 0.6) is 0 Å². The fraction of sp³-hybridized carbons (Fsp3) is 0.769. The summed E-state index contributed by atoms with van der Waals surface area (Å²) in [5.74, 6) is 0. The highest BCUT2D eigenvalue weighted by molar-refractivity contribution is 9.09. The topological polar surface area (TPSA) is 17.8 Å². The van der Waals surface area contributed by atoms with Gasteiger partial charge in [0, 0.05) is 16.9 Å². The van der Waals surface area contributed by atoms with Crippen LogP contribution in [0, 0.1) is 5.41 Å². The van der Waals surface area contributed by atoms with Crippen LogP contribution in [0.25, 0.3) is 0 Å². The second-order valence-corrected chi connectivity index (χ2v) is 6.13. The Kier molecular flexibility index (Phi) is 6.21. The van der Waals surface area contributed by atoms with E-state index in [1.165, 1.54) is 5.69 Å². The quantitative estimate of drug-likeness (QED) is 0.646. The van der Waals surface area contributed by atoms with E-state index in [1.54, 1.807) is 0 Å². The molecule has 0 amide bonds. The summed E-state index contributed by atoms with van der Waals surface area (Å²) in [6.07, 6.45) is 5.42. The van der Waals surface area contributed by atoms with Gasteiger partial charge in [0.05, 0.1) is 11.7 Å². The number of alkyl halides is 2. The molecule has 1 aromatic heterocycles. The molecule has 1 heterocycles. The van der Waals surface area contributed by atoms with E-state index in [2.05, 4.69) is 69.6 Å². The van der Waals surface area contributed by atoms with E-state index in [4.69, 9.17) is 5.10 Å². The average molecular weight is 366 g/mol. The molecule has 0 N–H and O–H groups in total. The Morgan fingerprint density at radius 2 is 1.88 bits per heavy atom. The minimum atomic E-state index is 0.243. The molecule has 0 fully saturated rings. The molecule has 0 saturated carbocycles. The van der Waals surface area contributed by atoms with Crippen LogP contribution in [0.1, 0.15) is 45.3 Å². The Balaban J connectivity index is 2.74. The zero-order chi connectivity index (χ0) is 12.9. The van der Waals surface area contributed by atoms with Crippen molar-refractivity contribution in [1.29, 1.82) is 0 Å². The minimum absolute atomic E-state index is 0.243. The largest absolute Gasteiger partial charge is 0.269 e. The maximum atomic E-state index is 4.71. The lowest BCUT2D eigenvalue weighted by Gasteiger charge is -2.23. The maximum absolute atomic E-state index is 4.71. The number of hydrogen-bond donors (Lipinski definition) is 0. The molecule has 0 atom stereocenters. The highest BCUT2D eigenvalue weighted by Crippen LogP contribution is 2.27.